The average molecular weight is 451 g/mol. The summed E-state index contributed by atoms with van der Waals surface area (Å²) < 4.78 is 21.4. The van der Waals surface area contributed by atoms with E-state index in [1.54, 1.807) is 17.0 Å². The number of nitrogens with zero attached hydrogens (tertiary/aromatic N) is 1. The second-order valence-corrected chi connectivity index (χ2v) is 12.7. The third-order valence-corrected chi connectivity index (χ3v) is 7.61. The van der Waals surface area contributed by atoms with Crippen LogP contribution >= 0.6 is 0 Å². The van der Waals surface area contributed by atoms with Crippen molar-refractivity contribution in [2.24, 2.45) is 5.41 Å². The molecule has 8 heteroatoms. The highest BCUT2D eigenvalue weighted by atomic mass is 32.2. The van der Waals surface area contributed by atoms with Crippen molar-refractivity contribution >= 4 is 23.0 Å². The summed E-state index contributed by atoms with van der Waals surface area (Å²) >= 11 is 0. The van der Waals surface area contributed by atoms with E-state index in [1.807, 2.05) is 47.6 Å². The second kappa shape index (κ2) is 8.20. The fourth-order valence-electron chi connectivity index (χ4n) is 4.37. The van der Waals surface area contributed by atoms with Crippen molar-refractivity contribution in [1.29, 1.82) is 0 Å². The lowest BCUT2D eigenvalue weighted by Crippen LogP contribution is -2.49. The summed E-state index contributed by atoms with van der Waals surface area (Å²) in [4.78, 5) is 25.8. The molecule has 1 amide bonds. The zero-order valence-corrected chi connectivity index (χ0v) is 20.1. The molecule has 1 aromatic carbocycles. The Kier molecular flexibility index (Phi) is 6.28. The smallest absolute Gasteiger partial charge is 0.410 e. The molecule has 0 radical (unpaired) electrons. The van der Waals surface area contributed by atoms with Gasteiger partial charge in [-0.05, 0) is 89.5 Å². The van der Waals surface area contributed by atoms with Gasteiger partial charge >= 0.3 is 12.1 Å². The predicted octanol–water partition coefficient (Wildman–Crippen LogP) is 4.05. The highest BCUT2D eigenvalue weighted by molar-refractivity contribution is 7.84. The fraction of sp³-hybridized carbons (Fsp3) is 0.652. The number of carboxylic acid groups (broad SMARTS) is 1. The van der Waals surface area contributed by atoms with Gasteiger partial charge in [-0.25, -0.2) is 18.5 Å². The quantitative estimate of drug-likeness (QED) is 0.724. The Morgan fingerprint density at radius 1 is 1.16 bits per heavy atom. The molecule has 3 rings (SSSR count). The van der Waals surface area contributed by atoms with Crippen LogP contribution in [0.25, 0.3) is 0 Å². The monoisotopic (exact) mass is 450 g/mol. The Morgan fingerprint density at radius 3 is 2.29 bits per heavy atom. The van der Waals surface area contributed by atoms with Crippen LogP contribution in [-0.2, 0) is 22.1 Å². The van der Waals surface area contributed by atoms with Crippen LogP contribution in [0, 0.1) is 5.41 Å². The van der Waals surface area contributed by atoms with Gasteiger partial charge in [-0.15, -0.1) is 0 Å². The molecule has 0 saturated carbocycles. The first-order valence-electron chi connectivity index (χ1n) is 10.7. The molecule has 0 aromatic heterocycles. The van der Waals surface area contributed by atoms with Crippen LogP contribution in [-0.4, -0.2) is 49.7 Å². The molecular weight excluding hydrogens is 416 g/mol. The minimum Gasteiger partial charge on any atom is -0.478 e. The highest BCUT2D eigenvalue weighted by Crippen LogP contribution is 2.52. The van der Waals surface area contributed by atoms with E-state index < -0.39 is 27.3 Å². The maximum absolute atomic E-state index is 13.0. The van der Waals surface area contributed by atoms with E-state index in [2.05, 4.69) is 4.72 Å². The molecule has 1 aliphatic heterocycles. The summed E-state index contributed by atoms with van der Waals surface area (Å²) in [5, 5.41) is 9.47. The molecule has 1 spiro atoms. The minimum atomic E-state index is -1.31. The highest BCUT2D eigenvalue weighted by Gasteiger charge is 2.49. The number of piperidine rings is 1. The SMILES string of the molecule is CC(C)(C)OC(=O)N1CCC2(CC1)Cc1ccc(C(=O)O)cc1[C@H]2NS(=O)C(C)(C)C. The number of ether oxygens (including phenoxy) is 1. The van der Waals surface area contributed by atoms with E-state index in [0.29, 0.717) is 13.1 Å². The minimum absolute atomic E-state index is 0.223. The summed E-state index contributed by atoms with van der Waals surface area (Å²) in [5.74, 6) is -0.973. The lowest BCUT2D eigenvalue weighted by Gasteiger charge is -2.44. The van der Waals surface area contributed by atoms with Gasteiger partial charge in [0.2, 0.25) is 0 Å². The first kappa shape index (κ1) is 23.7. The summed E-state index contributed by atoms with van der Waals surface area (Å²) in [5.41, 5.74) is 1.45. The Morgan fingerprint density at radius 2 is 1.77 bits per heavy atom. The summed E-state index contributed by atoms with van der Waals surface area (Å²) in [6.07, 6.45) is 1.91. The van der Waals surface area contributed by atoms with Crippen LogP contribution in [0.2, 0.25) is 0 Å². The molecule has 31 heavy (non-hydrogen) atoms. The summed E-state index contributed by atoms with van der Waals surface area (Å²) in [6.45, 7) is 12.4. The van der Waals surface area contributed by atoms with E-state index in [0.717, 1.165) is 30.4 Å². The third-order valence-electron chi connectivity index (χ3n) is 6.05. The average Bonchev–Trinajstić information content (AvgIpc) is 2.92. The van der Waals surface area contributed by atoms with Crippen LogP contribution in [0.1, 0.15) is 81.9 Å². The van der Waals surface area contributed by atoms with Gasteiger partial charge in [0.1, 0.15) is 5.60 Å². The maximum atomic E-state index is 13.0. The fourth-order valence-corrected chi connectivity index (χ4v) is 5.31. The number of carbonyl (C=O) groups is 2. The molecule has 1 aromatic rings. The van der Waals surface area contributed by atoms with Crippen LogP contribution in [0.5, 0.6) is 0 Å². The molecule has 1 unspecified atom stereocenters. The van der Waals surface area contributed by atoms with Crippen LogP contribution in [0.4, 0.5) is 4.79 Å². The number of benzene rings is 1. The number of aromatic carboxylic acids is 1. The summed E-state index contributed by atoms with van der Waals surface area (Å²) in [6, 6.07) is 4.99. The lowest BCUT2D eigenvalue weighted by atomic mass is 9.73. The topological polar surface area (TPSA) is 95.9 Å². The molecule has 2 aliphatic rings. The van der Waals surface area contributed by atoms with Crippen molar-refractivity contribution in [2.75, 3.05) is 13.1 Å². The third kappa shape index (κ3) is 5.12. The van der Waals surface area contributed by atoms with Gasteiger partial charge in [0, 0.05) is 13.1 Å². The zero-order chi connectivity index (χ0) is 23.2. The predicted molar refractivity (Wildman–Crippen MR) is 120 cm³/mol. The molecular formula is C23H34N2O5S. The Labute approximate surface area is 187 Å². The van der Waals surface area contributed by atoms with Gasteiger partial charge in [0.15, 0.2) is 0 Å². The van der Waals surface area contributed by atoms with Gasteiger partial charge in [-0.1, -0.05) is 6.07 Å². The van der Waals surface area contributed by atoms with Gasteiger partial charge in [-0.3, -0.25) is 0 Å². The van der Waals surface area contributed by atoms with Crippen molar-refractivity contribution < 1.29 is 23.6 Å². The number of hydrogen-bond acceptors (Lipinski definition) is 4. The number of likely N-dealkylation sites (tertiary alicyclic amines) is 1. The Bertz CT molecular complexity index is 892. The lowest BCUT2D eigenvalue weighted by molar-refractivity contribution is 0.00721. The normalized spacial score (nSPS) is 21.6. The number of rotatable bonds is 3. The number of hydrogen-bond donors (Lipinski definition) is 2. The van der Waals surface area contributed by atoms with Crippen molar-refractivity contribution in [3.63, 3.8) is 0 Å². The largest absolute Gasteiger partial charge is 0.478 e. The molecule has 1 heterocycles. The van der Waals surface area contributed by atoms with Crippen molar-refractivity contribution in [3.05, 3.63) is 34.9 Å². The number of fused-ring (bicyclic) bond motifs is 1. The Hall–Kier alpha value is -1.93. The summed E-state index contributed by atoms with van der Waals surface area (Å²) in [7, 11) is -1.31. The van der Waals surface area contributed by atoms with Gasteiger partial charge in [-0.2, -0.15) is 0 Å². The van der Waals surface area contributed by atoms with Gasteiger partial charge < -0.3 is 14.7 Å². The van der Waals surface area contributed by atoms with Gasteiger partial charge in [0.05, 0.1) is 27.3 Å². The van der Waals surface area contributed by atoms with E-state index in [1.165, 1.54) is 0 Å². The maximum Gasteiger partial charge on any atom is 0.410 e. The van der Waals surface area contributed by atoms with Crippen molar-refractivity contribution in [2.45, 2.75) is 77.2 Å². The van der Waals surface area contributed by atoms with Crippen molar-refractivity contribution in [1.82, 2.24) is 9.62 Å². The van der Waals surface area contributed by atoms with Crippen LogP contribution < -0.4 is 4.72 Å². The second-order valence-electron chi connectivity index (χ2n) is 10.7. The van der Waals surface area contributed by atoms with E-state index >= 15 is 0 Å². The number of amides is 1. The van der Waals surface area contributed by atoms with E-state index in [4.69, 9.17) is 4.74 Å². The van der Waals surface area contributed by atoms with Crippen molar-refractivity contribution in [3.8, 4) is 0 Å². The molecule has 1 fully saturated rings. The number of carbonyl (C=O) groups excluding carboxylic acids is 1. The molecule has 1 aliphatic carbocycles. The molecule has 2 N–H and O–H groups in total. The molecule has 0 bridgehead atoms. The number of nitrogens with one attached hydrogen (secondary N) is 1. The van der Waals surface area contributed by atoms with E-state index in [-0.39, 0.29) is 23.1 Å². The standard InChI is InChI=1S/C23H34N2O5S/c1-21(2,3)30-20(28)25-11-9-23(10-12-25)14-16-8-7-15(19(26)27)13-17(16)18(23)24-31(29)22(4,5)6/h7-8,13,18,24H,9-12,14H2,1-6H3,(H,26,27)/t18-,31?/m1/s1. The number of carboxylic acids is 1. The first-order valence-corrected chi connectivity index (χ1v) is 11.9. The van der Waals surface area contributed by atoms with Crippen LogP contribution in [0.15, 0.2) is 18.2 Å². The van der Waals surface area contributed by atoms with Crippen LogP contribution in [0.3, 0.4) is 0 Å². The van der Waals surface area contributed by atoms with E-state index in [9.17, 15) is 18.9 Å². The zero-order valence-electron chi connectivity index (χ0n) is 19.3. The molecule has 7 nitrogen and oxygen atoms in total. The Balaban J connectivity index is 1.87. The van der Waals surface area contributed by atoms with Gasteiger partial charge in [0.25, 0.3) is 0 Å². The molecule has 172 valence electrons. The first-order chi connectivity index (χ1) is 14.2. The molecule has 2 atom stereocenters. The molecule has 1 saturated heterocycles.